The molecule has 3 aromatic rings. The minimum absolute atomic E-state index is 0.0311. The van der Waals surface area contributed by atoms with E-state index in [1.165, 1.54) is 24.0 Å². The number of carbonyl (C=O) groups is 1. The van der Waals surface area contributed by atoms with Crippen LogP contribution in [0.15, 0.2) is 41.3 Å². The monoisotopic (exact) mass is 438 g/mol. The lowest BCUT2D eigenvalue weighted by molar-refractivity contribution is 0.0917. The van der Waals surface area contributed by atoms with Crippen molar-refractivity contribution in [3.8, 4) is 0 Å². The van der Waals surface area contributed by atoms with Gasteiger partial charge in [0.1, 0.15) is 0 Å². The molecule has 156 valence electrons. The standard InChI is InChI=1S/C24H26N2O2S2/c1-29-20-9-4-10-21-22(20)25-24(30-21)26(15-19-8-5-13-28-19)23(27)18-12-11-16-6-2-3-7-17(16)14-18/h4,9-12,14,19H,2-3,5-8,13,15H2,1H3. The maximum absolute atomic E-state index is 13.7. The summed E-state index contributed by atoms with van der Waals surface area (Å²) in [6, 6.07) is 12.5. The minimum atomic E-state index is 0.0311. The van der Waals surface area contributed by atoms with E-state index in [4.69, 9.17) is 9.72 Å². The largest absolute Gasteiger partial charge is 0.376 e. The van der Waals surface area contributed by atoms with Crippen molar-refractivity contribution in [1.29, 1.82) is 0 Å². The lowest BCUT2D eigenvalue weighted by Crippen LogP contribution is -2.37. The van der Waals surface area contributed by atoms with Gasteiger partial charge in [-0.1, -0.05) is 23.5 Å². The van der Waals surface area contributed by atoms with E-state index < -0.39 is 0 Å². The number of fused-ring (bicyclic) bond motifs is 2. The van der Waals surface area contributed by atoms with Crippen LogP contribution in [0.4, 0.5) is 5.13 Å². The summed E-state index contributed by atoms with van der Waals surface area (Å²) in [5, 5.41) is 0.768. The third kappa shape index (κ3) is 3.88. The number of rotatable bonds is 5. The summed E-state index contributed by atoms with van der Waals surface area (Å²) in [6.07, 6.45) is 8.85. The molecule has 5 rings (SSSR count). The van der Waals surface area contributed by atoms with Crippen LogP contribution in [0.25, 0.3) is 10.2 Å². The molecule has 1 aliphatic heterocycles. The number of nitrogens with zero attached hydrogens (tertiary/aromatic N) is 2. The van der Waals surface area contributed by atoms with Gasteiger partial charge >= 0.3 is 0 Å². The minimum Gasteiger partial charge on any atom is -0.376 e. The molecular formula is C24H26N2O2S2. The lowest BCUT2D eigenvalue weighted by Gasteiger charge is -2.24. The molecule has 0 saturated carbocycles. The second kappa shape index (κ2) is 8.69. The molecule has 0 spiro atoms. The second-order valence-electron chi connectivity index (χ2n) is 8.04. The summed E-state index contributed by atoms with van der Waals surface area (Å²) in [7, 11) is 0. The zero-order valence-electron chi connectivity index (χ0n) is 17.2. The van der Waals surface area contributed by atoms with Gasteiger partial charge in [-0.3, -0.25) is 9.69 Å². The molecule has 1 aromatic heterocycles. The van der Waals surface area contributed by atoms with E-state index in [0.29, 0.717) is 6.54 Å². The van der Waals surface area contributed by atoms with Gasteiger partial charge in [0.25, 0.3) is 5.91 Å². The quantitative estimate of drug-likeness (QED) is 0.478. The molecule has 2 aliphatic rings. The molecule has 4 nitrogen and oxygen atoms in total. The highest BCUT2D eigenvalue weighted by atomic mass is 32.2. The molecule has 1 atom stereocenters. The van der Waals surface area contributed by atoms with Gasteiger partial charge in [-0.15, -0.1) is 11.8 Å². The molecular weight excluding hydrogens is 412 g/mol. The van der Waals surface area contributed by atoms with Crippen LogP contribution in [0, 0.1) is 0 Å². The van der Waals surface area contributed by atoms with Gasteiger partial charge in [0.05, 0.1) is 22.9 Å². The topological polar surface area (TPSA) is 42.4 Å². The van der Waals surface area contributed by atoms with E-state index in [9.17, 15) is 4.79 Å². The van der Waals surface area contributed by atoms with E-state index in [1.807, 2.05) is 11.0 Å². The van der Waals surface area contributed by atoms with E-state index in [-0.39, 0.29) is 12.0 Å². The third-order valence-corrected chi connectivity index (χ3v) is 7.89. The second-order valence-corrected chi connectivity index (χ2v) is 9.90. The molecule has 2 aromatic carbocycles. The Morgan fingerprint density at radius 3 is 2.87 bits per heavy atom. The predicted molar refractivity (Wildman–Crippen MR) is 125 cm³/mol. The van der Waals surface area contributed by atoms with Crippen molar-refractivity contribution in [2.24, 2.45) is 0 Å². The number of anilines is 1. The molecule has 1 amide bonds. The van der Waals surface area contributed by atoms with E-state index in [2.05, 4.69) is 36.6 Å². The molecule has 0 radical (unpaired) electrons. The molecule has 1 unspecified atom stereocenters. The normalized spacial score (nSPS) is 18.5. The number of hydrogen-bond acceptors (Lipinski definition) is 5. The highest BCUT2D eigenvalue weighted by Gasteiger charge is 2.28. The smallest absolute Gasteiger partial charge is 0.260 e. The zero-order chi connectivity index (χ0) is 20.5. The van der Waals surface area contributed by atoms with Gasteiger partial charge in [0.15, 0.2) is 5.13 Å². The predicted octanol–water partition coefficient (Wildman–Crippen LogP) is 5.72. The summed E-state index contributed by atoms with van der Waals surface area (Å²) in [5.74, 6) is 0.0311. The number of aromatic nitrogens is 1. The fraction of sp³-hybridized carbons (Fsp3) is 0.417. The molecule has 0 bridgehead atoms. The number of ether oxygens (including phenoxy) is 1. The fourth-order valence-electron chi connectivity index (χ4n) is 4.45. The van der Waals surface area contributed by atoms with Crippen molar-refractivity contribution >= 4 is 44.4 Å². The Morgan fingerprint density at radius 1 is 1.20 bits per heavy atom. The first-order chi connectivity index (χ1) is 14.7. The zero-order valence-corrected chi connectivity index (χ0v) is 18.9. The van der Waals surface area contributed by atoms with Crippen LogP contribution < -0.4 is 4.90 Å². The summed E-state index contributed by atoms with van der Waals surface area (Å²) in [4.78, 5) is 21.6. The molecule has 1 fully saturated rings. The Hall–Kier alpha value is -1.89. The fourth-order valence-corrected chi connectivity index (χ4v) is 6.08. The number of aryl methyl sites for hydroxylation is 2. The van der Waals surface area contributed by atoms with Gasteiger partial charge in [-0.2, -0.15) is 0 Å². The first kappa shape index (κ1) is 20.0. The number of amides is 1. The van der Waals surface area contributed by atoms with Gasteiger partial charge in [0, 0.05) is 17.1 Å². The van der Waals surface area contributed by atoms with Crippen LogP contribution >= 0.6 is 23.1 Å². The van der Waals surface area contributed by atoms with Crippen molar-refractivity contribution in [2.45, 2.75) is 49.5 Å². The first-order valence-electron chi connectivity index (χ1n) is 10.7. The Balaban J connectivity index is 1.52. The average molecular weight is 439 g/mol. The number of thiazole rings is 1. The Kier molecular flexibility index (Phi) is 5.81. The summed E-state index contributed by atoms with van der Waals surface area (Å²) in [5.41, 5.74) is 4.48. The highest BCUT2D eigenvalue weighted by Crippen LogP contribution is 2.35. The van der Waals surface area contributed by atoms with Crippen LogP contribution in [0.2, 0.25) is 0 Å². The highest BCUT2D eigenvalue weighted by molar-refractivity contribution is 7.98. The van der Waals surface area contributed by atoms with Crippen LogP contribution in [0.5, 0.6) is 0 Å². The first-order valence-corrected chi connectivity index (χ1v) is 12.8. The summed E-state index contributed by atoms with van der Waals surface area (Å²) < 4.78 is 7.00. The Labute approximate surface area is 185 Å². The van der Waals surface area contributed by atoms with Crippen molar-refractivity contribution in [3.63, 3.8) is 0 Å². The van der Waals surface area contributed by atoms with Gasteiger partial charge < -0.3 is 4.74 Å². The van der Waals surface area contributed by atoms with E-state index in [0.717, 1.165) is 58.1 Å². The van der Waals surface area contributed by atoms with E-state index >= 15 is 0 Å². The van der Waals surface area contributed by atoms with Crippen LogP contribution in [-0.2, 0) is 17.6 Å². The van der Waals surface area contributed by atoms with Crippen molar-refractivity contribution in [3.05, 3.63) is 53.1 Å². The number of thioether (sulfide) groups is 1. The molecule has 1 saturated heterocycles. The Morgan fingerprint density at radius 2 is 2.07 bits per heavy atom. The van der Waals surface area contributed by atoms with Gasteiger partial charge in [0.2, 0.25) is 0 Å². The van der Waals surface area contributed by atoms with Crippen molar-refractivity contribution < 1.29 is 9.53 Å². The van der Waals surface area contributed by atoms with Crippen LogP contribution in [0.3, 0.4) is 0 Å². The lowest BCUT2D eigenvalue weighted by atomic mass is 9.90. The maximum atomic E-state index is 13.7. The summed E-state index contributed by atoms with van der Waals surface area (Å²) >= 11 is 3.29. The number of para-hydroxylation sites is 1. The van der Waals surface area contributed by atoms with Crippen LogP contribution in [-0.4, -0.2) is 36.4 Å². The number of benzene rings is 2. The molecule has 6 heteroatoms. The number of hydrogen-bond donors (Lipinski definition) is 0. The van der Waals surface area contributed by atoms with Crippen molar-refractivity contribution in [2.75, 3.05) is 24.3 Å². The summed E-state index contributed by atoms with van der Waals surface area (Å²) in [6.45, 7) is 1.34. The SMILES string of the molecule is CSc1cccc2sc(N(CC3CCCO3)C(=O)c3ccc4c(c3)CCCC4)nc12. The van der Waals surface area contributed by atoms with E-state index in [1.54, 1.807) is 23.1 Å². The molecule has 2 heterocycles. The third-order valence-electron chi connectivity index (χ3n) is 6.07. The van der Waals surface area contributed by atoms with Gasteiger partial charge in [-0.05, 0) is 80.2 Å². The van der Waals surface area contributed by atoms with Crippen molar-refractivity contribution in [1.82, 2.24) is 4.98 Å². The molecule has 0 N–H and O–H groups in total. The number of carbonyl (C=O) groups excluding carboxylic acids is 1. The van der Waals surface area contributed by atoms with Gasteiger partial charge in [-0.25, -0.2) is 4.98 Å². The molecule has 1 aliphatic carbocycles. The average Bonchev–Trinajstić information content (AvgIpc) is 3.46. The van der Waals surface area contributed by atoms with Crippen LogP contribution in [0.1, 0.15) is 47.2 Å². The Bertz CT molecular complexity index is 1070. The maximum Gasteiger partial charge on any atom is 0.260 e. The molecule has 30 heavy (non-hydrogen) atoms.